The van der Waals surface area contributed by atoms with Gasteiger partial charge in [0.25, 0.3) is 0 Å². The Kier molecular flexibility index (Phi) is 4.78. The van der Waals surface area contributed by atoms with Crippen molar-refractivity contribution in [3.8, 4) is 0 Å². The normalized spacial score (nSPS) is 10.0. The van der Waals surface area contributed by atoms with Crippen molar-refractivity contribution in [2.45, 2.75) is 13.3 Å². The molecule has 0 aliphatic rings. The highest BCUT2D eigenvalue weighted by Crippen LogP contribution is 1.84. The first-order valence-electron chi connectivity index (χ1n) is 3.00. The van der Waals surface area contributed by atoms with E-state index in [0.717, 1.165) is 13.0 Å². The van der Waals surface area contributed by atoms with Crippen LogP contribution in [0.4, 0.5) is 0 Å². The van der Waals surface area contributed by atoms with Crippen molar-refractivity contribution in [3.05, 3.63) is 0 Å². The summed E-state index contributed by atoms with van der Waals surface area (Å²) >= 11 is 0. The van der Waals surface area contributed by atoms with Gasteiger partial charge in [-0.3, -0.25) is 10.0 Å². The van der Waals surface area contributed by atoms with Gasteiger partial charge < -0.3 is 0 Å². The van der Waals surface area contributed by atoms with Crippen LogP contribution in [0.25, 0.3) is 0 Å². The van der Waals surface area contributed by atoms with Crippen molar-refractivity contribution in [1.82, 2.24) is 5.01 Å². The number of hydrogen-bond donors (Lipinski definition) is 0. The summed E-state index contributed by atoms with van der Waals surface area (Å²) in [5.74, 6) is 0. The zero-order chi connectivity index (χ0) is 7.11. The van der Waals surface area contributed by atoms with Gasteiger partial charge in [-0.15, -0.1) is 0 Å². The minimum absolute atomic E-state index is 0.964. The molecule has 0 heterocycles. The minimum Gasteiger partial charge on any atom is -0.299 e. The van der Waals surface area contributed by atoms with Gasteiger partial charge in [0.2, 0.25) is 0 Å². The van der Waals surface area contributed by atoms with Crippen LogP contribution in [0.5, 0.6) is 0 Å². The Morgan fingerprint density at radius 2 is 2.33 bits per heavy atom. The van der Waals surface area contributed by atoms with Crippen LogP contribution in [0.15, 0.2) is 10.1 Å². The summed E-state index contributed by atoms with van der Waals surface area (Å²) in [5.41, 5.74) is 0. The third-order valence-corrected chi connectivity index (χ3v) is 0.878. The SMILES string of the molecule is C=NC=NN(C)CCC. The molecule has 0 bridgehead atoms. The van der Waals surface area contributed by atoms with Crippen LogP contribution in [0.2, 0.25) is 0 Å². The fourth-order valence-electron chi connectivity index (χ4n) is 0.506. The summed E-state index contributed by atoms with van der Waals surface area (Å²) in [4.78, 5) is 3.47. The first-order chi connectivity index (χ1) is 4.31. The molecular weight excluding hydrogens is 114 g/mol. The predicted molar refractivity (Wildman–Crippen MR) is 41.0 cm³/mol. The van der Waals surface area contributed by atoms with Gasteiger partial charge in [-0.2, -0.15) is 5.10 Å². The van der Waals surface area contributed by atoms with Crippen LogP contribution in [-0.2, 0) is 0 Å². The molecule has 3 heteroatoms. The summed E-state index contributed by atoms with van der Waals surface area (Å²) in [7, 11) is 1.91. The highest BCUT2D eigenvalue weighted by atomic mass is 15.4. The average Bonchev–Trinajstić information content (AvgIpc) is 1.85. The molecule has 0 saturated heterocycles. The molecule has 0 aromatic rings. The van der Waals surface area contributed by atoms with E-state index in [2.05, 4.69) is 23.7 Å². The van der Waals surface area contributed by atoms with Crippen molar-refractivity contribution in [2.24, 2.45) is 10.1 Å². The van der Waals surface area contributed by atoms with Crippen LogP contribution >= 0.6 is 0 Å². The van der Waals surface area contributed by atoms with Gasteiger partial charge in [0, 0.05) is 13.6 Å². The molecule has 0 amide bonds. The molecular formula is C6H13N3. The molecule has 0 unspecified atom stereocenters. The number of rotatable bonds is 4. The maximum absolute atomic E-state index is 3.91. The molecule has 0 aliphatic carbocycles. The summed E-state index contributed by atoms with van der Waals surface area (Å²) < 4.78 is 0. The number of aliphatic imine (C=N–C) groups is 1. The third kappa shape index (κ3) is 5.00. The Hall–Kier alpha value is -0.860. The van der Waals surface area contributed by atoms with E-state index < -0.39 is 0 Å². The molecule has 0 saturated carbocycles. The van der Waals surface area contributed by atoms with E-state index in [0.29, 0.717) is 0 Å². The van der Waals surface area contributed by atoms with Crippen LogP contribution in [-0.4, -0.2) is 31.7 Å². The van der Waals surface area contributed by atoms with Crippen LogP contribution in [0, 0.1) is 0 Å². The number of nitrogens with zero attached hydrogens (tertiary/aromatic N) is 3. The second-order valence-electron chi connectivity index (χ2n) is 1.79. The predicted octanol–water partition coefficient (Wildman–Crippen LogP) is 0.972. The molecule has 0 radical (unpaired) electrons. The Bertz CT molecular complexity index is 98.5. The molecule has 0 fully saturated rings. The largest absolute Gasteiger partial charge is 0.299 e. The average molecular weight is 127 g/mol. The lowest BCUT2D eigenvalue weighted by Crippen LogP contribution is -2.11. The summed E-state index contributed by atoms with van der Waals surface area (Å²) in [5, 5.41) is 5.74. The Balaban J connectivity index is 3.35. The lowest BCUT2D eigenvalue weighted by molar-refractivity contribution is 0.356. The van der Waals surface area contributed by atoms with Crippen molar-refractivity contribution in [1.29, 1.82) is 0 Å². The molecule has 0 N–H and O–H groups in total. The fourth-order valence-corrected chi connectivity index (χ4v) is 0.506. The Labute approximate surface area is 56.1 Å². The zero-order valence-corrected chi connectivity index (χ0v) is 6.04. The van der Waals surface area contributed by atoms with Crippen LogP contribution in [0.1, 0.15) is 13.3 Å². The summed E-state index contributed by atoms with van der Waals surface area (Å²) in [6.07, 6.45) is 2.54. The van der Waals surface area contributed by atoms with Gasteiger partial charge in [0.15, 0.2) is 0 Å². The van der Waals surface area contributed by atoms with Crippen molar-refractivity contribution >= 4 is 13.1 Å². The summed E-state index contributed by atoms with van der Waals surface area (Å²) in [6, 6.07) is 0. The van der Waals surface area contributed by atoms with Crippen LogP contribution < -0.4 is 0 Å². The fraction of sp³-hybridized carbons (Fsp3) is 0.667. The molecule has 3 nitrogen and oxygen atoms in total. The highest BCUT2D eigenvalue weighted by molar-refractivity contribution is 5.61. The van der Waals surface area contributed by atoms with E-state index in [1.54, 1.807) is 0 Å². The first kappa shape index (κ1) is 8.14. The maximum atomic E-state index is 3.91. The van der Waals surface area contributed by atoms with Gasteiger partial charge in [-0.1, -0.05) is 6.92 Å². The lowest BCUT2D eigenvalue weighted by Gasteiger charge is -2.08. The molecule has 0 aliphatic heterocycles. The molecule has 0 rings (SSSR count). The molecule has 52 valence electrons. The second kappa shape index (κ2) is 5.28. The van der Waals surface area contributed by atoms with E-state index in [9.17, 15) is 0 Å². The highest BCUT2D eigenvalue weighted by Gasteiger charge is 1.84. The van der Waals surface area contributed by atoms with E-state index >= 15 is 0 Å². The lowest BCUT2D eigenvalue weighted by atomic mass is 10.5. The second-order valence-corrected chi connectivity index (χ2v) is 1.79. The third-order valence-electron chi connectivity index (χ3n) is 0.878. The Morgan fingerprint density at radius 1 is 1.67 bits per heavy atom. The van der Waals surface area contributed by atoms with E-state index in [4.69, 9.17) is 0 Å². The minimum atomic E-state index is 0.964. The van der Waals surface area contributed by atoms with Gasteiger partial charge in [0.05, 0.1) is 0 Å². The smallest absolute Gasteiger partial charge is 0.134 e. The van der Waals surface area contributed by atoms with E-state index in [1.807, 2.05) is 12.1 Å². The van der Waals surface area contributed by atoms with E-state index in [-0.39, 0.29) is 0 Å². The van der Waals surface area contributed by atoms with Crippen molar-refractivity contribution < 1.29 is 0 Å². The Morgan fingerprint density at radius 3 is 2.78 bits per heavy atom. The molecule has 0 atom stereocenters. The van der Waals surface area contributed by atoms with Gasteiger partial charge >= 0.3 is 0 Å². The van der Waals surface area contributed by atoms with Crippen LogP contribution in [0.3, 0.4) is 0 Å². The van der Waals surface area contributed by atoms with Crippen molar-refractivity contribution in [3.63, 3.8) is 0 Å². The number of hydrazone groups is 1. The molecule has 0 aromatic carbocycles. The van der Waals surface area contributed by atoms with E-state index in [1.165, 1.54) is 6.34 Å². The van der Waals surface area contributed by atoms with Crippen molar-refractivity contribution in [2.75, 3.05) is 13.6 Å². The monoisotopic (exact) mass is 127 g/mol. The van der Waals surface area contributed by atoms with Gasteiger partial charge in [0.1, 0.15) is 6.34 Å². The van der Waals surface area contributed by atoms with Gasteiger partial charge in [-0.05, 0) is 13.1 Å². The van der Waals surface area contributed by atoms with Gasteiger partial charge in [-0.25, -0.2) is 0 Å². The molecule has 0 spiro atoms. The number of hydrogen-bond acceptors (Lipinski definition) is 2. The maximum Gasteiger partial charge on any atom is 0.134 e. The first-order valence-corrected chi connectivity index (χ1v) is 3.00. The molecule has 9 heavy (non-hydrogen) atoms. The topological polar surface area (TPSA) is 28.0 Å². The quantitative estimate of drug-likeness (QED) is 0.314. The molecule has 0 aromatic heterocycles. The zero-order valence-electron chi connectivity index (χ0n) is 6.04. The summed E-state index contributed by atoms with van der Waals surface area (Å²) in [6.45, 7) is 6.34. The standard InChI is InChI=1S/C6H13N3/c1-4-5-9(3)8-6-7-2/h6H,2,4-5H2,1,3H3.